The second-order valence-corrected chi connectivity index (χ2v) is 8.23. The average molecular weight is 405 g/mol. The minimum absolute atomic E-state index is 0.0382. The summed E-state index contributed by atoms with van der Waals surface area (Å²) in [4.78, 5) is 25.6. The lowest BCUT2D eigenvalue weighted by atomic mass is 9.73. The molecular formula is C25H27NO4. The molecule has 0 saturated carbocycles. The van der Waals surface area contributed by atoms with Gasteiger partial charge < -0.3 is 14.8 Å². The van der Waals surface area contributed by atoms with Crippen molar-refractivity contribution in [3.05, 3.63) is 70.9 Å². The van der Waals surface area contributed by atoms with Crippen molar-refractivity contribution in [3.63, 3.8) is 0 Å². The summed E-state index contributed by atoms with van der Waals surface area (Å²) in [6.07, 6.45) is 1.52. The Kier molecular flexibility index (Phi) is 5.62. The van der Waals surface area contributed by atoms with Crippen molar-refractivity contribution in [1.29, 1.82) is 0 Å². The van der Waals surface area contributed by atoms with Crippen LogP contribution in [0.3, 0.4) is 0 Å². The van der Waals surface area contributed by atoms with E-state index in [1.807, 2.05) is 62.4 Å². The molecule has 2 aliphatic rings. The quantitative estimate of drug-likeness (QED) is 0.796. The number of allylic oxidation sites excluding steroid dienone is 2. The van der Waals surface area contributed by atoms with Gasteiger partial charge in [0.05, 0.1) is 13.2 Å². The smallest absolute Gasteiger partial charge is 0.225 e. The summed E-state index contributed by atoms with van der Waals surface area (Å²) in [5, 5.41) is 2.98. The maximum atomic E-state index is 13.2. The van der Waals surface area contributed by atoms with Gasteiger partial charge in [-0.15, -0.1) is 0 Å². The van der Waals surface area contributed by atoms with Crippen molar-refractivity contribution in [3.8, 4) is 11.5 Å². The molecule has 2 unspecified atom stereocenters. The molecule has 1 amide bonds. The fourth-order valence-electron chi connectivity index (χ4n) is 4.41. The second kappa shape index (κ2) is 8.34. The summed E-state index contributed by atoms with van der Waals surface area (Å²) < 4.78 is 10.9. The van der Waals surface area contributed by atoms with Gasteiger partial charge in [-0.3, -0.25) is 9.59 Å². The Morgan fingerprint density at radius 1 is 0.867 bits per heavy atom. The van der Waals surface area contributed by atoms with Crippen LogP contribution in [0.5, 0.6) is 11.5 Å². The molecule has 0 radical (unpaired) electrons. The minimum atomic E-state index is -0.199. The highest BCUT2D eigenvalue weighted by molar-refractivity contribution is 6.02. The second-order valence-electron chi connectivity index (χ2n) is 8.23. The number of carbonyl (C=O) groups is 2. The number of methoxy groups -OCH3 is 1. The number of amides is 1. The van der Waals surface area contributed by atoms with Gasteiger partial charge in [0.15, 0.2) is 5.78 Å². The average Bonchev–Trinajstić information content (AvgIpc) is 2.73. The first-order valence-corrected chi connectivity index (χ1v) is 10.4. The molecule has 2 aromatic carbocycles. The number of nitrogens with one attached hydrogen (secondary N) is 1. The van der Waals surface area contributed by atoms with Crippen molar-refractivity contribution < 1.29 is 19.1 Å². The van der Waals surface area contributed by atoms with E-state index in [1.165, 1.54) is 0 Å². The highest BCUT2D eigenvalue weighted by Crippen LogP contribution is 2.42. The largest absolute Gasteiger partial charge is 0.497 e. The fourth-order valence-corrected chi connectivity index (χ4v) is 4.41. The van der Waals surface area contributed by atoms with E-state index in [1.54, 1.807) is 7.11 Å². The number of rotatable bonds is 5. The Morgan fingerprint density at radius 2 is 1.50 bits per heavy atom. The lowest BCUT2D eigenvalue weighted by molar-refractivity contribution is -0.122. The molecule has 0 aromatic heterocycles. The van der Waals surface area contributed by atoms with Crippen LogP contribution in [0.25, 0.3) is 0 Å². The number of carbonyl (C=O) groups excluding carboxylic acids is 2. The van der Waals surface area contributed by atoms with E-state index in [2.05, 4.69) is 5.32 Å². The van der Waals surface area contributed by atoms with Crippen LogP contribution in [0.4, 0.5) is 0 Å². The summed E-state index contributed by atoms with van der Waals surface area (Å²) in [6.45, 7) is 3.99. The van der Waals surface area contributed by atoms with Crippen LogP contribution in [0.1, 0.15) is 56.1 Å². The molecule has 5 heteroatoms. The summed E-state index contributed by atoms with van der Waals surface area (Å²) >= 11 is 0. The van der Waals surface area contributed by atoms with Gasteiger partial charge in [0.2, 0.25) is 5.91 Å². The molecule has 1 heterocycles. The molecule has 2 atom stereocenters. The molecule has 0 spiro atoms. The molecule has 0 fully saturated rings. The predicted octanol–water partition coefficient (Wildman–Crippen LogP) is 4.49. The van der Waals surface area contributed by atoms with Crippen molar-refractivity contribution in [1.82, 2.24) is 5.32 Å². The first-order chi connectivity index (χ1) is 14.4. The molecule has 0 bridgehead atoms. The van der Waals surface area contributed by atoms with Gasteiger partial charge in [0.1, 0.15) is 11.5 Å². The number of ketones is 1. The maximum Gasteiger partial charge on any atom is 0.225 e. The first kappa shape index (κ1) is 20.2. The number of benzene rings is 2. The predicted molar refractivity (Wildman–Crippen MR) is 115 cm³/mol. The Hall–Kier alpha value is -3.08. The van der Waals surface area contributed by atoms with Crippen LogP contribution in [-0.2, 0) is 9.59 Å². The third kappa shape index (κ3) is 4.11. The van der Waals surface area contributed by atoms with Gasteiger partial charge in [0.25, 0.3) is 0 Å². The normalized spacial score (nSPS) is 21.3. The van der Waals surface area contributed by atoms with Gasteiger partial charge >= 0.3 is 0 Å². The maximum absolute atomic E-state index is 13.2. The molecule has 2 aromatic rings. The van der Waals surface area contributed by atoms with Crippen LogP contribution in [0.2, 0.25) is 0 Å². The minimum Gasteiger partial charge on any atom is -0.497 e. The Bertz CT molecular complexity index is 973. The summed E-state index contributed by atoms with van der Waals surface area (Å²) in [5.41, 5.74) is 3.60. The van der Waals surface area contributed by atoms with Gasteiger partial charge in [-0.1, -0.05) is 24.3 Å². The van der Waals surface area contributed by atoms with E-state index in [0.717, 1.165) is 33.9 Å². The van der Waals surface area contributed by atoms with Gasteiger partial charge in [0, 0.05) is 30.0 Å². The summed E-state index contributed by atoms with van der Waals surface area (Å²) in [6, 6.07) is 15.6. The third-order valence-corrected chi connectivity index (χ3v) is 5.78. The van der Waals surface area contributed by atoms with Gasteiger partial charge in [-0.05, 0) is 61.6 Å². The molecule has 1 aliphatic heterocycles. The van der Waals surface area contributed by atoms with Crippen LogP contribution < -0.4 is 14.8 Å². The molecular weight excluding hydrogens is 378 g/mol. The molecule has 5 nitrogen and oxygen atoms in total. The van der Waals surface area contributed by atoms with Crippen molar-refractivity contribution >= 4 is 11.7 Å². The monoisotopic (exact) mass is 405 g/mol. The van der Waals surface area contributed by atoms with Crippen LogP contribution in [0.15, 0.2) is 59.8 Å². The topological polar surface area (TPSA) is 64.6 Å². The highest BCUT2D eigenvalue weighted by atomic mass is 16.5. The zero-order valence-corrected chi connectivity index (χ0v) is 17.6. The molecule has 1 aliphatic carbocycles. The van der Waals surface area contributed by atoms with E-state index < -0.39 is 0 Å². The number of hydrogen-bond acceptors (Lipinski definition) is 4. The Labute approximate surface area is 177 Å². The number of hydrogen-bond donors (Lipinski definition) is 1. The molecule has 30 heavy (non-hydrogen) atoms. The highest BCUT2D eigenvalue weighted by Gasteiger charge is 2.38. The Balaban J connectivity index is 1.60. The molecule has 0 saturated heterocycles. The van der Waals surface area contributed by atoms with Gasteiger partial charge in [-0.25, -0.2) is 0 Å². The lowest BCUT2D eigenvalue weighted by Crippen LogP contribution is -2.38. The molecule has 4 rings (SSSR count). The van der Waals surface area contributed by atoms with E-state index >= 15 is 0 Å². The summed E-state index contributed by atoms with van der Waals surface area (Å²) in [7, 11) is 1.62. The first-order valence-electron chi connectivity index (χ1n) is 10.4. The van der Waals surface area contributed by atoms with Gasteiger partial charge in [-0.2, -0.15) is 0 Å². The number of ether oxygens (including phenoxy) is 2. The van der Waals surface area contributed by atoms with Crippen molar-refractivity contribution in [2.75, 3.05) is 7.11 Å². The fraction of sp³-hybridized carbons (Fsp3) is 0.360. The molecule has 1 N–H and O–H groups in total. The van der Waals surface area contributed by atoms with E-state index in [-0.39, 0.29) is 29.6 Å². The Morgan fingerprint density at radius 3 is 2.13 bits per heavy atom. The third-order valence-electron chi connectivity index (χ3n) is 5.78. The van der Waals surface area contributed by atoms with Crippen LogP contribution in [0, 0.1) is 0 Å². The summed E-state index contributed by atoms with van der Waals surface area (Å²) in [5.74, 6) is 1.51. The lowest BCUT2D eigenvalue weighted by Gasteiger charge is -2.34. The van der Waals surface area contributed by atoms with Crippen LogP contribution in [-0.4, -0.2) is 24.9 Å². The van der Waals surface area contributed by atoms with E-state index in [9.17, 15) is 9.59 Å². The number of Topliss-reactive ketones (excluding diaryl/α,β-unsaturated/α-hetero) is 1. The SMILES string of the molecule is COc1ccc(C2CC(=O)NC3=C2C(=O)CC(c2ccc(OC(C)C)cc2)C3)cc1. The van der Waals surface area contributed by atoms with Crippen molar-refractivity contribution in [2.45, 2.75) is 51.0 Å². The van der Waals surface area contributed by atoms with Crippen LogP contribution >= 0.6 is 0 Å². The molecule has 156 valence electrons. The van der Waals surface area contributed by atoms with E-state index in [0.29, 0.717) is 19.3 Å². The zero-order chi connectivity index (χ0) is 21.3. The standard InChI is InChI=1S/C25H27NO4/c1-15(2)30-20-10-4-16(5-11-20)18-12-22-25(23(27)13-18)21(14-24(28)26-22)17-6-8-19(29-3)9-7-17/h4-11,15,18,21H,12-14H2,1-3H3,(H,26,28). The zero-order valence-electron chi connectivity index (χ0n) is 17.6. The van der Waals surface area contributed by atoms with E-state index in [4.69, 9.17) is 9.47 Å². The van der Waals surface area contributed by atoms with Crippen molar-refractivity contribution in [2.24, 2.45) is 0 Å².